The molecule has 0 aromatic carbocycles. The Kier molecular flexibility index (Phi) is 4.30. The lowest BCUT2D eigenvalue weighted by Crippen LogP contribution is -2.33. The number of carbonyl (C=O) groups excluding carboxylic acids is 2. The third-order valence-corrected chi connectivity index (χ3v) is 3.94. The summed E-state index contributed by atoms with van der Waals surface area (Å²) in [5.41, 5.74) is 1.21. The molecule has 0 fully saturated rings. The molecule has 18 heavy (non-hydrogen) atoms. The van der Waals surface area contributed by atoms with Gasteiger partial charge in [-0.2, -0.15) is 0 Å². The molecule has 1 aliphatic rings. The van der Waals surface area contributed by atoms with E-state index in [4.69, 9.17) is 0 Å². The fraction of sp³-hybridized carbons (Fsp3) is 0.583. The fourth-order valence-corrected chi connectivity index (χ4v) is 3.06. The molecule has 0 bridgehead atoms. The number of aryl methyl sites for hydroxylation is 2. The van der Waals surface area contributed by atoms with Crippen LogP contribution in [0.5, 0.6) is 0 Å². The number of hydrogen-bond acceptors (Lipinski definition) is 5. The van der Waals surface area contributed by atoms with E-state index in [1.54, 1.807) is 18.3 Å². The van der Waals surface area contributed by atoms with Crippen molar-refractivity contribution in [3.05, 3.63) is 15.6 Å². The maximum Gasteiger partial charge on any atom is 0.396 e. The van der Waals surface area contributed by atoms with Crippen LogP contribution in [-0.2, 0) is 33.6 Å². The summed E-state index contributed by atoms with van der Waals surface area (Å²) in [6.45, 7) is 2.30. The molecule has 5 nitrogen and oxygen atoms in total. The first-order chi connectivity index (χ1) is 8.70. The summed E-state index contributed by atoms with van der Waals surface area (Å²) in [5, 5.41) is 3.57. The van der Waals surface area contributed by atoms with Crippen molar-refractivity contribution in [1.29, 1.82) is 0 Å². The molecule has 1 aliphatic carbocycles. The Bertz CT molecular complexity index is 435. The second-order valence-electron chi connectivity index (χ2n) is 4.06. The number of nitrogens with one attached hydrogen (secondary N) is 1. The van der Waals surface area contributed by atoms with Gasteiger partial charge in [0, 0.05) is 17.8 Å². The number of ether oxygens (including phenoxy) is 1. The van der Waals surface area contributed by atoms with Crippen molar-refractivity contribution < 1.29 is 14.3 Å². The zero-order valence-corrected chi connectivity index (χ0v) is 11.1. The lowest BCUT2D eigenvalue weighted by Gasteiger charge is -2.02. The van der Waals surface area contributed by atoms with Crippen LogP contribution in [-0.4, -0.2) is 30.0 Å². The topological polar surface area (TPSA) is 68.3 Å². The number of carbonyl (C=O) groups is 2. The zero-order chi connectivity index (χ0) is 13.0. The van der Waals surface area contributed by atoms with E-state index in [2.05, 4.69) is 15.0 Å². The lowest BCUT2D eigenvalue weighted by atomic mass is 10.3. The number of thiazole rings is 1. The van der Waals surface area contributed by atoms with Crippen molar-refractivity contribution in [2.24, 2.45) is 0 Å². The Morgan fingerprint density at radius 3 is 3.00 bits per heavy atom. The first-order valence-electron chi connectivity index (χ1n) is 6.13. The summed E-state index contributed by atoms with van der Waals surface area (Å²) in [6.07, 6.45) is 4.07. The number of fused-ring (bicyclic) bond motifs is 1. The second-order valence-corrected chi connectivity index (χ2v) is 5.23. The van der Waals surface area contributed by atoms with Gasteiger partial charge in [0.2, 0.25) is 0 Å². The molecule has 0 spiro atoms. The van der Waals surface area contributed by atoms with Gasteiger partial charge in [-0.3, -0.25) is 4.79 Å². The average molecular weight is 268 g/mol. The summed E-state index contributed by atoms with van der Waals surface area (Å²) in [4.78, 5) is 28.2. The average Bonchev–Trinajstić information content (AvgIpc) is 2.89. The van der Waals surface area contributed by atoms with E-state index in [9.17, 15) is 9.59 Å². The molecular formula is C12H16N2O3S. The summed E-state index contributed by atoms with van der Waals surface area (Å²) in [5.74, 6) is -1.50. The van der Waals surface area contributed by atoms with Crippen molar-refractivity contribution in [3.8, 4) is 0 Å². The van der Waals surface area contributed by atoms with Crippen LogP contribution in [0.3, 0.4) is 0 Å². The number of rotatable bonds is 4. The van der Waals surface area contributed by atoms with Gasteiger partial charge in [0.05, 0.1) is 17.3 Å². The fourth-order valence-electron chi connectivity index (χ4n) is 1.90. The molecule has 0 radical (unpaired) electrons. The van der Waals surface area contributed by atoms with Crippen LogP contribution < -0.4 is 5.32 Å². The molecule has 0 saturated carbocycles. The van der Waals surface area contributed by atoms with Crippen molar-refractivity contribution in [3.63, 3.8) is 0 Å². The number of hydrogen-bond donors (Lipinski definition) is 1. The van der Waals surface area contributed by atoms with Gasteiger partial charge in [-0.15, -0.1) is 11.3 Å². The second kappa shape index (κ2) is 5.95. The molecule has 1 aromatic rings. The molecule has 0 saturated heterocycles. The molecule has 0 unspecified atom stereocenters. The number of nitrogens with zero attached hydrogens (tertiary/aromatic N) is 1. The Morgan fingerprint density at radius 1 is 1.44 bits per heavy atom. The van der Waals surface area contributed by atoms with E-state index in [-0.39, 0.29) is 6.61 Å². The number of esters is 1. The molecule has 6 heteroatoms. The van der Waals surface area contributed by atoms with Gasteiger partial charge in [0.25, 0.3) is 0 Å². The van der Waals surface area contributed by atoms with Gasteiger partial charge in [-0.1, -0.05) is 0 Å². The molecule has 2 rings (SSSR count). The molecule has 1 N–H and O–H groups in total. The highest BCUT2D eigenvalue weighted by atomic mass is 32.1. The first-order valence-corrected chi connectivity index (χ1v) is 6.94. The van der Waals surface area contributed by atoms with Gasteiger partial charge in [0.1, 0.15) is 0 Å². The highest BCUT2D eigenvalue weighted by Crippen LogP contribution is 2.27. The van der Waals surface area contributed by atoms with Crippen molar-refractivity contribution in [1.82, 2.24) is 10.3 Å². The van der Waals surface area contributed by atoms with Gasteiger partial charge < -0.3 is 10.1 Å². The Morgan fingerprint density at radius 2 is 2.28 bits per heavy atom. The minimum Gasteiger partial charge on any atom is -0.459 e. The smallest absolute Gasteiger partial charge is 0.396 e. The molecule has 1 heterocycles. The Hall–Kier alpha value is -1.43. The number of aromatic nitrogens is 1. The minimum absolute atomic E-state index is 0.214. The maximum atomic E-state index is 11.3. The maximum absolute atomic E-state index is 11.3. The molecular weight excluding hydrogens is 252 g/mol. The van der Waals surface area contributed by atoms with E-state index in [0.29, 0.717) is 13.0 Å². The molecule has 98 valence electrons. The summed E-state index contributed by atoms with van der Waals surface area (Å²) < 4.78 is 4.59. The van der Waals surface area contributed by atoms with Crippen LogP contribution in [0.2, 0.25) is 0 Å². The predicted octanol–water partition coefficient (Wildman–Crippen LogP) is 0.854. The van der Waals surface area contributed by atoms with Crippen molar-refractivity contribution in [2.75, 3.05) is 13.2 Å². The Balaban J connectivity index is 1.75. The van der Waals surface area contributed by atoms with Crippen LogP contribution in [0.15, 0.2) is 0 Å². The third-order valence-electron chi connectivity index (χ3n) is 2.73. The highest BCUT2D eigenvalue weighted by Gasteiger charge is 2.17. The zero-order valence-electron chi connectivity index (χ0n) is 10.3. The van der Waals surface area contributed by atoms with E-state index in [1.165, 1.54) is 17.0 Å². The van der Waals surface area contributed by atoms with Gasteiger partial charge in [-0.05, 0) is 26.2 Å². The summed E-state index contributed by atoms with van der Waals surface area (Å²) in [7, 11) is 0. The van der Waals surface area contributed by atoms with Crippen LogP contribution in [0.4, 0.5) is 0 Å². The summed E-state index contributed by atoms with van der Waals surface area (Å²) in [6, 6.07) is 0. The van der Waals surface area contributed by atoms with Crippen LogP contribution >= 0.6 is 11.3 Å². The van der Waals surface area contributed by atoms with Crippen LogP contribution in [0.1, 0.15) is 28.9 Å². The lowest BCUT2D eigenvalue weighted by molar-refractivity contribution is -0.154. The van der Waals surface area contributed by atoms with Gasteiger partial charge >= 0.3 is 11.9 Å². The monoisotopic (exact) mass is 268 g/mol. The molecule has 0 atom stereocenters. The van der Waals surface area contributed by atoms with Crippen LogP contribution in [0, 0.1) is 0 Å². The third kappa shape index (κ3) is 3.07. The Labute approximate surface area is 110 Å². The summed E-state index contributed by atoms with van der Waals surface area (Å²) >= 11 is 1.71. The first kappa shape index (κ1) is 13.0. The van der Waals surface area contributed by atoms with Gasteiger partial charge in [-0.25, -0.2) is 9.78 Å². The normalized spacial score (nSPS) is 13.2. The molecule has 1 amide bonds. The largest absolute Gasteiger partial charge is 0.459 e. The van der Waals surface area contributed by atoms with Crippen molar-refractivity contribution >= 4 is 23.2 Å². The standard InChI is InChI=1S/C12H16N2O3S/c1-2-17-12(16)11(15)13-7-6-10-14-8-4-3-5-9(8)18-10/h2-7H2,1H3,(H,13,15). The SMILES string of the molecule is CCOC(=O)C(=O)NCCc1nc2c(s1)CCC2. The van der Waals surface area contributed by atoms with E-state index >= 15 is 0 Å². The molecule has 1 aromatic heterocycles. The van der Waals surface area contributed by atoms with E-state index in [1.807, 2.05) is 0 Å². The van der Waals surface area contributed by atoms with E-state index in [0.717, 1.165) is 17.8 Å². The quantitative estimate of drug-likeness (QED) is 0.649. The van der Waals surface area contributed by atoms with Crippen molar-refractivity contribution in [2.45, 2.75) is 32.6 Å². The van der Waals surface area contributed by atoms with Gasteiger partial charge in [0.15, 0.2) is 0 Å². The minimum atomic E-state index is -0.820. The predicted molar refractivity (Wildman–Crippen MR) is 67.5 cm³/mol. The van der Waals surface area contributed by atoms with E-state index < -0.39 is 11.9 Å². The number of amides is 1. The molecule has 0 aliphatic heterocycles. The highest BCUT2D eigenvalue weighted by molar-refractivity contribution is 7.11. The van der Waals surface area contributed by atoms with Crippen LogP contribution in [0.25, 0.3) is 0 Å².